The second kappa shape index (κ2) is 2.98. The number of aliphatic hydroxyl groups is 1. The van der Waals surface area contributed by atoms with Gasteiger partial charge in [0.15, 0.2) is 5.15 Å². The van der Waals surface area contributed by atoms with Gasteiger partial charge in [0.1, 0.15) is 5.69 Å². The van der Waals surface area contributed by atoms with Gasteiger partial charge in [-0.25, -0.2) is 4.68 Å². The van der Waals surface area contributed by atoms with Gasteiger partial charge >= 0.3 is 0 Å². The molecule has 0 aromatic carbocycles. The number of hydrogen-bond donors (Lipinski definition) is 1. The molecule has 0 saturated carbocycles. The van der Waals surface area contributed by atoms with Gasteiger partial charge in [-0.05, 0) is 6.92 Å². The van der Waals surface area contributed by atoms with E-state index in [2.05, 4.69) is 10.3 Å². The lowest BCUT2D eigenvalue weighted by molar-refractivity contribution is 0.268. The van der Waals surface area contributed by atoms with E-state index in [1.54, 1.807) is 4.68 Å². The van der Waals surface area contributed by atoms with Gasteiger partial charge in [-0.1, -0.05) is 16.8 Å². The average molecular weight is 162 g/mol. The van der Waals surface area contributed by atoms with Crippen molar-refractivity contribution in [2.75, 3.05) is 0 Å². The predicted molar refractivity (Wildman–Crippen MR) is 36.6 cm³/mol. The maximum Gasteiger partial charge on any atom is 0.176 e. The largest absolute Gasteiger partial charge is 0.390 e. The highest BCUT2D eigenvalue weighted by molar-refractivity contribution is 6.29. The second-order valence-electron chi connectivity index (χ2n) is 1.80. The molecule has 0 atom stereocenters. The van der Waals surface area contributed by atoms with Gasteiger partial charge in [-0.3, -0.25) is 0 Å². The van der Waals surface area contributed by atoms with E-state index in [-0.39, 0.29) is 11.8 Å². The maximum absolute atomic E-state index is 8.73. The number of aromatic nitrogens is 3. The molecule has 0 aliphatic carbocycles. The Hall–Kier alpha value is -0.610. The Kier molecular flexibility index (Phi) is 2.24. The molecule has 1 aromatic rings. The summed E-state index contributed by atoms with van der Waals surface area (Å²) in [5.41, 5.74) is 0.573. The molecule has 0 amide bonds. The highest BCUT2D eigenvalue weighted by atomic mass is 35.5. The number of halogens is 1. The van der Waals surface area contributed by atoms with Crippen LogP contribution in [0.2, 0.25) is 5.15 Å². The number of rotatable bonds is 2. The zero-order valence-corrected chi connectivity index (χ0v) is 6.34. The Labute approximate surface area is 63.4 Å². The Morgan fingerprint density at radius 1 is 1.70 bits per heavy atom. The average Bonchev–Trinajstić information content (AvgIpc) is 2.30. The van der Waals surface area contributed by atoms with Crippen molar-refractivity contribution in [3.8, 4) is 0 Å². The SMILES string of the molecule is CCn1nnc(Cl)c1CO. The molecule has 1 rings (SSSR count). The van der Waals surface area contributed by atoms with Crippen molar-refractivity contribution in [3.63, 3.8) is 0 Å². The first-order valence-electron chi connectivity index (χ1n) is 2.98. The van der Waals surface area contributed by atoms with Gasteiger partial charge in [-0.15, -0.1) is 5.10 Å². The lowest BCUT2D eigenvalue weighted by atomic mass is 10.5. The van der Waals surface area contributed by atoms with Crippen LogP contribution in [0.1, 0.15) is 12.6 Å². The standard InChI is InChI=1S/C5H8ClN3O/c1-2-9-4(3-10)5(6)7-8-9/h10H,2-3H2,1H3. The lowest BCUT2D eigenvalue weighted by Gasteiger charge is -1.97. The molecule has 0 fully saturated rings. The third kappa shape index (κ3) is 1.12. The predicted octanol–water partition coefficient (Wildman–Crippen LogP) is 0.444. The van der Waals surface area contributed by atoms with Crippen molar-refractivity contribution < 1.29 is 5.11 Å². The van der Waals surface area contributed by atoms with Crippen molar-refractivity contribution >= 4 is 11.6 Å². The van der Waals surface area contributed by atoms with E-state index in [1.807, 2.05) is 6.92 Å². The zero-order chi connectivity index (χ0) is 7.56. The van der Waals surface area contributed by atoms with Crippen LogP contribution in [0.4, 0.5) is 0 Å². The fourth-order valence-corrected chi connectivity index (χ4v) is 0.904. The van der Waals surface area contributed by atoms with Crippen LogP contribution in [0.25, 0.3) is 0 Å². The number of aryl methyl sites for hydroxylation is 1. The Morgan fingerprint density at radius 3 is 2.80 bits per heavy atom. The van der Waals surface area contributed by atoms with Gasteiger partial charge in [0, 0.05) is 6.54 Å². The number of hydrogen-bond acceptors (Lipinski definition) is 3. The minimum Gasteiger partial charge on any atom is -0.390 e. The molecule has 0 spiro atoms. The van der Waals surface area contributed by atoms with Crippen LogP contribution >= 0.6 is 11.6 Å². The summed E-state index contributed by atoms with van der Waals surface area (Å²) in [6.07, 6.45) is 0. The van der Waals surface area contributed by atoms with Gasteiger partial charge < -0.3 is 5.11 Å². The minimum absolute atomic E-state index is 0.111. The molecule has 1 N–H and O–H groups in total. The molecule has 1 aromatic heterocycles. The van der Waals surface area contributed by atoms with Crippen LogP contribution in [-0.2, 0) is 13.2 Å². The molecule has 0 unspecified atom stereocenters. The summed E-state index contributed by atoms with van der Waals surface area (Å²) in [6, 6.07) is 0. The Morgan fingerprint density at radius 2 is 2.40 bits per heavy atom. The summed E-state index contributed by atoms with van der Waals surface area (Å²) < 4.78 is 1.56. The molecule has 0 aliphatic heterocycles. The molecule has 0 aliphatic rings. The second-order valence-corrected chi connectivity index (χ2v) is 2.16. The smallest absolute Gasteiger partial charge is 0.176 e. The van der Waals surface area contributed by atoms with E-state index >= 15 is 0 Å². The van der Waals surface area contributed by atoms with Crippen LogP contribution in [-0.4, -0.2) is 20.1 Å². The highest BCUT2D eigenvalue weighted by Gasteiger charge is 2.06. The molecule has 5 heteroatoms. The van der Waals surface area contributed by atoms with Gasteiger partial charge in [0.25, 0.3) is 0 Å². The summed E-state index contributed by atoms with van der Waals surface area (Å²) in [6.45, 7) is 2.47. The molecule has 0 bridgehead atoms. The Balaban J connectivity index is 3.01. The molecule has 10 heavy (non-hydrogen) atoms. The normalized spacial score (nSPS) is 10.3. The fraction of sp³-hybridized carbons (Fsp3) is 0.600. The van der Waals surface area contributed by atoms with Crippen LogP contribution in [0.5, 0.6) is 0 Å². The first-order valence-corrected chi connectivity index (χ1v) is 3.36. The topological polar surface area (TPSA) is 50.9 Å². The van der Waals surface area contributed by atoms with E-state index in [1.165, 1.54) is 0 Å². The van der Waals surface area contributed by atoms with Crippen molar-refractivity contribution in [2.45, 2.75) is 20.1 Å². The van der Waals surface area contributed by atoms with Gasteiger partial charge in [-0.2, -0.15) is 0 Å². The van der Waals surface area contributed by atoms with E-state index in [0.717, 1.165) is 0 Å². The number of nitrogens with zero attached hydrogens (tertiary/aromatic N) is 3. The molecule has 0 radical (unpaired) electrons. The van der Waals surface area contributed by atoms with Crippen molar-refractivity contribution in [1.82, 2.24) is 15.0 Å². The molecule has 4 nitrogen and oxygen atoms in total. The summed E-state index contributed by atoms with van der Waals surface area (Å²) >= 11 is 5.57. The lowest BCUT2D eigenvalue weighted by Crippen LogP contribution is -2.02. The number of aliphatic hydroxyl groups excluding tert-OH is 1. The fourth-order valence-electron chi connectivity index (χ4n) is 0.712. The zero-order valence-electron chi connectivity index (χ0n) is 5.58. The summed E-state index contributed by atoms with van der Waals surface area (Å²) in [5.74, 6) is 0. The monoisotopic (exact) mass is 161 g/mol. The van der Waals surface area contributed by atoms with Gasteiger partial charge in [0.05, 0.1) is 6.61 Å². The van der Waals surface area contributed by atoms with E-state index in [4.69, 9.17) is 16.7 Å². The highest BCUT2D eigenvalue weighted by Crippen LogP contribution is 2.10. The maximum atomic E-state index is 8.73. The van der Waals surface area contributed by atoms with Crippen LogP contribution in [0.15, 0.2) is 0 Å². The van der Waals surface area contributed by atoms with Crippen molar-refractivity contribution in [1.29, 1.82) is 0 Å². The van der Waals surface area contributed by atoms with Gasteiger partial charge in [0.2, 0.25) is 0 Å². The third-order valence-corrected chi connectivity index (χ3v) is 1.53. The van der Waals surface area contributed by atoms with Crippen LogP contribution in [0, 0.1) is 0 Å². The first-order chi connectivity index (χ1) is 4.79. The third-order valence-electron chi connectivity index (χ3n) is 1.24. The molecule has 1 heterocycles. The van der Waals surface area contributed by atoms with E-state index in [0.29, 0.717) is 12.2 Å². The summed E-state index contributed by atoms with van der Waals surface area (Å²) in [7, 11) is 0. The minimum atomic E-state index is -0.111. The van der Waals surface area contributed by atoms with E-state index < -0.39 is 0 Å². The molecular formula is C5H8ClN3O. The molecule has 56 valence electrons. The molecular weight excluding hydrogens is 154 g/mol. The van der Waals surface area contributed by atoms with Crippen molar-refractivity contribution in [2.24, 2.45) is 0 Å². The summed E-state index contributed by atoms with van der Waals surface area (Å²) in [5, 5.41) is 16.3. The van der Waals surface area contributed by atoms with Crippen LogP contribution < -0.4 is 0 Å². The van der Waals surface area contributed by atoms with E-state index in [9.17, 15) is 0 Å². The van der Waals surface area contributed by atoms with Crippen molar-refractivity contribution in [3.05, 3.63) is 10.8 Å². The Bertz CT molecular complexity index is 223. The summed E-state index contributed by atoms with van der Waals surface area (Å²) in [4.78, 5) is 0. The molecule has 0 saturated heterocycles. The quantitative estimate of drug-likeness (QED) is 0.685. The van der Waals surface area contributed by atoms with Crippen LogP contribution in [0.3, 0.4) is 0 Å². The first kappa shape index (κ1) is 7.50.